The van der Waals surface area contributed by atoms with Crippen LogP contribution in [0.3, 0.4) is 0 Å². The van der Waals surface area contributed by atoms with Crippen LogP contribution in [0, 0.1) is 0 Å². The van der Waals surface area contributed by atoms with E-state index < -0.39 is 36.2 Å². The predicted molar refractivity (Wildman–Crippen MR) is 168 cm³/mol. The quantitative estimate of drug-likeness (QED) is 0.124. The van der Waals surface area contributed by atoms with Crippen LogP contribution in [-0.2, 0) is 15.9 Å². The molecule has 1 fully saturated rings. The number of carbonyl (C=O) groups is 1. The maximum atomic E-state index is 14.1. The number of rotatable bonds is 11. The molecule has 11 nitrogen and oxygen atoms in total. The van der Waals surface area contributed by atoms with Crippen molar-refractivity contribution in [2.45, 2.75) is 75.7 Å². The van der Waals surface area contributed by atoms with Crippen molar-refractivity contribution in [1.29, 1.82) is 0 Å². The highest BCUT2D eigenvalue weighted by Crippen LogP contribution is 2.61. The lowest BCUT2D eigenvalue weighted by Crippen LogP contribution is -2.24. The van der Waals surface area contributed by atoms with Gasteiger partial charge in [-0.25, -0.2) is 4.98 Å². The van der Waals surface area contributed by atoms with Gasteiger partial charge in [-0.05, 0) is 79.8 Å². The third kappa shape index (κ3) is 7.30. The minimum absolute atomic E-state index is 0.101. The molecule has 250 valence electrons. The molecule has 46 heavy (non-hydrogen) atoms. The number of hydrogen-bond acceptors (Lipinski definition) is 8. The van der Waals surface area contributed by atoms with Gasteiger partial charge in [0.05, 0.1) is 35.3 Å². The van der Waals surface area contributed by atoms with Crippen molar-refractivity contribution in [2.75, 3.05) is 24.8 Å². The number of alkyl halides is 3. The van der Waals surface area contributed by atoms with E-state index in [0.29, 0.717) is 24.6 Å². The monoisotopic (exact) mass is 665 g/mol. The molecule has 0 bridgehead atoms. The normalized spacial score (nSPS) is 17.3. The Hall–Kier alpha value is -3.71. The first-order chi connectivity index (χ1) is 21.7. The molecule has 2 aromatic carbocycles. The second-order valence-corrected chi connectivity index (χ2v) is 13.2. The molecule has 15 heteroatoms. The van der Waals surface area contributed by atoms with Gasteiger partial charge in [-0.3, -0.25) is 9.36 Å². The van der Waals surface area contributed by atoms with Crippen LogP contribution in [0.4, 0.5) is 36.3 Å². The molecule has 4 rings (SSSR count). The Morgan fingerprint density at radius 1 is 1.02 bits per heavy atom. The zero-order valence-corrected chi connectivity index (χ0v) is 26.9. The fourth-order valence-electron chi connectivity index (χ4n) is 5.97. The summed E-state index contributed by atoms with van der Waals surface area (Å²) in [6.45, 7) is 3.35. The summed E-state index contributed by atoms with van der Waals surface area (Å²) in [6, 6.07) is 9.42. The van der Waals surface area contributed by atoms with Crippen molar-refractivity contribution < 1.29 is 42.2 Å². The van der Waals surface area contributed by atoms with Crippen molar-refractivity contribution in [2.24, 2.45) is 0 Å². The molecule has 1 aliphatic carbocycles. The number of anilines is 4. The lowest BCUT2D eigenvalue weighted by molar-refractivity contribution is -0.137. The minimum Gasteiger partial charge on any atom is -0.495 e. The third-order valence-electron chi connectivity index (χ3n) is 8.74. The maximum absolute atomic E-state index is 14.1. The molecule has 0 unspecified atom stereocenters. The highest BCUT2D eigenvalue weighted by Gasteiger charge is 2.45. The average Bonchev–Trinajstić information content (AvgIpc) is 3.01. The van der Waals surface area contributed by atoms with Gasteiger partial charge in [0.1, 0.15) is 17.1 Å². The van der Waals surface area contributed by atoms with Crippen LogP contribution >= 0.6 is 7.60 Å². The van der Waals surface area contributed by atoms with E-state index in [4.69, 9.17) is 4.74 Å². The van der Waals surface area contributed by atoms with Gasteiger partial charge in [0.2, 0.25) is 5.95 Å². The van der Waals surface area contributed by atoms with Gasteiger partial charge in [0.25, 0.3) is 5.91 Å². The molecule has 3 aromatic rings. The Labute approximate surface area is 265 Å². The van der Waals surface area contributed by atoms with Crippen LogP contribution < -0.4 is 20.7 Å². The predicted octanol–water partition coefficient (Wildman–Crippen LogP) is 6.56. The number of halogens is 3. The number of ether oxygens (including phenoxy) is 1. The van der Waals surface area contributed by atoms with Gasteiger partial charge in [-0.1, -0.05) is 26.0 Å². The highest BCUT2D eigenvalue weighted by molar-refractivity contribution is 7.53. The van der Waals surface area contributed by atoms with Crippen molar-refractivity contribution in [3.05, 3.63) is 64.8 Å². The summed E-state index contributed by atoms with van der Waals surface area (Å²) in [6.07, 6.45) is -1.57. The smallest absolute Gasteiger partial charge is 0.421 e. The van der Waals surface area contributed by atoms with Crippen molar-refractivity contribution in [3.8, 4) is 5.75 Å². The van der Waals surface area contributed by atoms with Crippen molar-refractivity contribution in [1.82, 2.24) is 15.3 Å². The summed E-state index contributed by atoms with van der Waals surface area (Å²) >= 11 is 0. The standard InChI is InChI=1S/C31H39F3N5O6P/c1-5-30(6-2,46(42,43)44)20-10-14-25(26(16-20)45-4)38-29-36-17-23(31(32,33)34)27(39-29)37-24-13-9-19(15-22(24)28(41)35-3)18-7-11-21(40)12-8-18/h9-10,13-18,21,40H,5-8,11-12H2,1-4H3,(H,35,41)(H2,42,43,44)(H2,36,37,38,39)/t18-,21-. The van der Waals surface area contributed by atoms with E-state index in [0.717, 1.165) is 18.4 Å². The number of aromatic nitrogens is 2. The fourth-order valence-corrected chi connectivity index (χ4v) is 7.27. The van der Waals surface area contributed by atoms with Crippen LogP contribution in [0.5, 0.6) is 5.75 Å². The number of carbonyl (C=O) groups excluding carboxylic acids is 1. The zero-order valence-electron chi connectivity index (χ0n) is 26.0. The molecule has 1 aromatic heterocycles. The number of hydrogen-bond donors (Lipinski definition) is 6. The highest BCUT2D eigenvalue weighted by atomic mass is 31.2. The van der Waals surface area contributed by atoms with E-state index in [2.05, 4.69) is 25.9 Å². The molecule has 0 radical (unpaired) electrons. The lowest BCUT2D eigenvalue weighted by atomic mass is 9.82. The van der Waals surface area contributed by atoms with Crippen LogP contribution in [0.1, 0.15) is 85.3 Å². The number of benzene rings is 2. The van der Waals surface area contributed by atoms with Gasteiger partial charge in [0, 0.05) is 13.2 Å². The second-order valence-electron chi connectivity index (χ2n) is 11.3. The number of aliphatic hydroxyl groups is 1. The molecule has 0 spiro atoms. The zero-order chi connectivity index (χ0) is 33.9. The Balaban J connectivity index is 1.72. The van der Waals surface area contributed by atoms with Gasteiger partial charge >= 0.3 is 13.8 Å². The lowest BCUT2D eigenvalue weighted by Gasteiger charge is -2.33. The molecule has 1 saturated carbocycles. The topological polar surface area (TPSA) is 166 Å². The van der Waals surface area contributed by atoms with Gasteiger partial charge < -0.3 is 35.6 Å². The molecular formula is C31H39F3N5O6P. The fraction of sp³-hybridized carbons (Fsp3) is 0.452. The van der Waals surface area contributed by atoms with Crippen LogP contribution in [0.25, 0.3) is 0 Å². The number of aliphatic hydroxyl groups excluding tert-OH is 1. The number of methoxy groups -OCH3 is 1. The van der Waals surface area contributed by atoms with E-state index in [-0.39, 0.29) is 53.5 Å². The van der Waals surface area contributed by atoms with E-state index in [1.807, 2.05) is 0 Å². The Bertz CT molecular complexity index is 1600. The first-order valence-corrected chi connectivity index (χ1v) is 16.5. The van der Waals surface area contributed by atoms with Crippen LogP contribution in [-0.4, -0.2) is 51.0 Å². The molecular weight excluding hydrogens is 626 g/mol. The van der Waals surface area contributed by atoms with Gasteiger partial charge in [-0.15, -0.1) is 0 Å². The van der Waals surface area contributed by atoms with Crippen molar-refractivity contribution in [3.63, 3.8) is 0 Å². The number of nitrogens with zero attached hydrogens (tertiary/aromatic N) is 2. The summed E-state index contributed by atoms with van der Waals surface area (Å²) in [5.41, 5.74) is 0.511. The van der Waals surface area contributed by atoms with Crippen LogP contribution in [0.15, 0.2) is 42.6 Å². The van der Waals surface area contributed by atoms with E-state index in [9.17, 15) is 37.4 Å². The van der Waals surface area contributed by atoms with E-state index >= 15 is 0 Å². The molecule has 1 aliphatic rings. The molecule has 1 amide bonds. The molecule has 0 atom stereocenters. The number of amides is 1. The molecule has 0 saturated heterocycles. The number of nitrogens with one attached hydrogen (secondary N) is 3. The molecule has 6 N–H and O–H groups in total. The first-order valence-electron chi connectivity index (χ1n) is 14.9. The minimum atomic E-state index is -4.83. The molecule has 1 heterocycles. The summed E-state index contributed by atoms with van der Waals surface area (Å²) < 4.78 is 60.2. The van der Waals surface area contributed by atoms with Crippen molar-refractivity contribution >= 4 is 36.6 Å². The summed E-state index contributed by atoms with van der Waals surface area (Å²) in [5, 5.41) is 16.5. The second kappa shape index (κ2) is 14.0. The van der Waals surface area contributed by atoms with E-state index in [1.54, 1.807) is 26.0 Å². The summed E-state index contributed by atoms with van der Waals surface area (Å²) in [7, 11) is -1.81. The Morgan fingerprint density at radius 2 is 1.67 bits per heavy atom. The largest absolute Gasteiger partial charge is 0.495 e. The van der Waals surface area contributed by atoms with E-state index in [1.165, 1.54) is 38.4 Å². The Kier molecular flexibility index (Phi) is 10.7. The third-order valence-corrected chi connectivity index (χ3v) is 10.7. The van der Waals surface area contributed by atoms with Gasteiger partial charge in [0.15, 0.2) is 0 Å². The SMILES string of the molecule is CCC(CC)(c1ccc(Nc2ncc(C(F)(F)F)c(Nc3ccc([C@H]4CC[C@H](O)CC4)cc3C(=O)NC)n2)c(OC)c1)P(=O)(O)O. The first kappa shape index (κ1) is 35.1. The average molecular weight is 666 g/mol. The summed E-state index contributed by atoms with van der Waals surface area (Å²) in [4.78, 5) is 41.1. The maximum Gasteiger partial charge on any atom is 0.421 e. The molecule has 0 aliphatic heterocycles. The van der Waals surface area contributed by atoms with Crippen LogP contribution in [0.2, 0.25) is 0 Å². The van der Waals surface area contributed by atoms with Gasteiger partial charge in [-0.2, -0.15) is 18.2 Å². The Morgan fingerprint density at radius 3 is 2.24 bits per heavy atom. The summed E-state index contributed by atoms with van der Waals surface area (Å²) in [5.74, 6) is -1.06.